The molecule has 0 saturated carbocycles. The van der Waals surface area contributed by atoms with Crippen molar-refractivity contribution in [3.05, 3.63) is 36.5 Å². The van der Waals surface area contributed by atoms with E-state index in [1.54, 1.807) is 0 Å². The van der Waals surface area contributed by atoms with Crippen LogP contribution in [0.5, 0.6) is 0 Å². The molecule has 1 aliphatic heterocycles. The van der Waals surface area contributed by atoms with Gasteiger partial charge in [-0.3, -0.25) is 14.1 Å². The maximum atomic E-state index is 12.3. The second kappa shape index (κ2) is 27.2. The van der Waals surface area contributed by atoms with Gasteiger partial charge in [0.25, 0.3) is 0 Å². The van der Waals surface area contributed by atoms with Crippen LogP contribution >= 0.6 is 7.82 Å². The van der Waals surface area contributed by atoms with Gasteiger partial charge in [0, 0.05) is 12.8 Å². The fourth-order valence-electron chi connectivity index (χ4n) is 4.91. The van der Waals surface area contributed by atoms with E-state index >= 15 is 0 Å². The summed E-state index contributed by atoms with van der Waals surface area (Å²) in [6, 6.07) is 0. The van der Waals surface area contributed by atoms with E-state index in [4.69, 9.17) is 24.0 Å². The van der Waals surface area contributed by atoms with Gasteiger partial charge in [0.15, 0.2) is 6.10 Å². The largest absolute Gasteiger partial charge is 0.469 e. The molecule has 266 valence electrons. The van der Waals surface area contributed by atoms with Crippen molar-refractivity contribution in [2.75, 3.05) is 13.2 Å². The Morgan fingerprint density at radius 3 is 2.07 bits per heavy atom. The van der Waals surface area contributed by atoms with Gasteiger partial charge >= 0.3 is 19.8 Å². The van der Waals surface area contributed by atoms with Gasteiger partial charge in [0.2, 0.25) is 0 Å². The summed E-state index contributed by atoms with van der Waals surface area (Å²) in [4.78, 5) is 42.6. The third-order valence-electron chi connectivity index (χ3n) is 8.10. The lowest BCUT2D eigenvalue weighted by molar-refractivity contribution is -0.161. The van der Waals surface area contributed by atoms with Crippen LogP contribution in [-0.2, 0) is 32.9 Å². The van der Waals surface area contributed by atoms with E-state index in [0.29, 0.717) is 19.3 Å². The number of epoxide rings is 1. The Morgan fingerprint density at radius 1 is 0.761 bits per heavy atom. The summed E-state index contributed by atoms with van der Waals surface area (Å²) in [6.07, 6.45) is 30.6. The summed E-state index contributed by atoms with van der Waals surface area (Å²) in [5, 5.41) is 0. The minimum absolute atomic E-state index is 0.183. The molecule has 1 rings (SSSR count). The smallest absolute Gasteiger partial charge is 0.462 e. The molecule has 1 aliphatic rings. The number of rotatable bonds is 30. The van der Waals surface area contributed by atoms with Gasteiger partial charge in [-0.1, -0.05) is 115 Å². The van der Waals surface area contributed by atoms with Crippen molar-refractivity contribution in [3.63, 3.8) is 0 Å². The zero-order chi connectivity index (χ0) is 33.9. The molecule has 1 fully saturated rings. The lowest BCUT2D eigenvalue weighted by Gasteiger charge is -2.18. The maximum Gasteiger partial charge on any atom is 0.469 e. The van der Waals surface area contributed by atoms with Gasteiger partial charge in [-0.15, -0.1) is 0 Å². The fraction of sp³-hybridized carbons (Fsp3) is 0.778. The zero-order valence-corrected chi connectivity index (χ0v) is 29.7. The third-order valence-corrected chi connectivity index (χ3v) is 8.59. The molecule has 2 N–H and O–H groups in total. The number of hydrogen-bond acceptors (Lipinski definition) is 7. The van der Waals surface area contributed by atoms with Crippen LogP contribution in [0.25, 0.3) is 0 Å². The quantitative estimate of drug-likeness (QED) is 0.0252. The predicted octanol–water partition coefficient (Wildman–Crippen LogP) is 9.07. The molecule has 0 bridgehead atoms. The van der Waals surface area contributed by atoms with Crippen molar-refractivity contribution in [1.82, 2.24) is 0 Å². The second-order valence-electron chi connectivity index (χ2n) is 12.5. The molecule has 1 heterocycles. The van der Waals surface area contributed by atoms with Crippen molar-refractivity contribution in [2.24, 2.45) is 5.92 Å². The maximum absolute atomic E-state index is 12.3. The van der Waals surface area contributed by atoms with Crippen molar-refractivity contribution in [2.45, 2.75) is 161 Å². The van der Waals surface area contributed by atoms with E-state index in [-0.39, 0.29) is 31.7 Å². The molecule has 0 spiro atoms. The summed E-state index contributed by atoms with van der Waals surface area (Å²) < 4.78 is 31.9. The zero-order valence-electron chi connectivity index (χ0n) is 28.8. The number of phosphoric ester groups is 1. The van der Waals surface area contributed by atoms with E-state index in [1.807, 2.05) is 6.08 Å². The Labute approximate surface area is 278 Å². The van der Waals surface area contributed by atoms with Crippen LogP contribution in [0, 0.1) is 5.92 Å². The summed E-state index contributed by atoms with van der Waals surface area (Å²) in [5.41, 5.74) is 0. The van der Waals surface area contributed by atoms with Crippen molar-refractivity contribution >= 4 is 19.8 Å². The Hall–Kier alpha value is -1.77. The standard InChI is InChI=1S/C36H63O9P/c1-4-6-7-8-9-10-11-15-20-25-33-34(45-33)26-21-17-18-22-27-35(37)42-29-32(30-43-46(39,40)41)44-36(38)28-23-16-13-12-14-19-24-31(3)5-2/h9-10,15,17,20-21,31-34H,4-8,11-14,16,18-19,22-30H2,1-3H3,(H2,39,40,41)/b10-9-,20-15-,21-17-/t31?,32-,33?,34?/m1/s1. The van der Waals surface area contributed by atoms with Crippen LogP contribution in [0.1, 0.15) is 143 Å². The van der Waals surface area contributed by atoms with Crippen LogP contribution in [0.3, 0.4) is 0 Å². The van der Waals surface area contributed by atoms with Crippen LogP contribution in [0.2, 0.25) is 0 Å². The predicted molar refractivity (Wildman–Crippen MR) is 183 cm³/mol. The van der Waals surface area contributed by atoms with Gasteiger partial charge in [0.1, 0.15) is 6.61 Å². The molecule has 0 aliphatic carbocycles. The van der Waals surface area contributed by atoms with Crippen molar-refractivity contribution in [1.29, 1.82) is 0 Å². The molecule has 4 atom stereocenters. The van der Waals surface area contributed by atoms with Gasteiger partial charge < -0.3 is 24.0 Å². The topological polar surface area (TPSA) is 132 Å². The van der Waals surface area contributed by atoms with Gasteiger partial charge in [-0.25, -0.2) is 4.57 Å². The molecular weight excluding hydrogens is 607 g/mol. The van der Waals surface area contributed by atoms with Gasteiger partial charge in [0.05, 0.1) is 18.8 Å². The average Bonchev–Trinajstić information content (AvgIpc) is 3.77. The van der Waals surface area contributed by atoms with E-state index in [9.17, 15) is 14.2 Å². The molecule has 10 heteroatoms. The molecule has 1 saturated heterocycles. The molecule has 0 aromatic rings. The molecule has 3 unspecified atom stereocenters. The summed E-state index contributed by atoms with van der Waals surface area (Å²) in [5.74, 6) is -0.191. The SMILES string of the molecule is CCCCC/C=C\C/C=C\CC1OC1C/C=C\CCCC(=O)OC[C@H](COP(=O)(O)O)OC(=O)CCCCCCCCC(C)CC. The number of ether oxygens (including phenoxy) is 3. The molecule has 0 amide bonds. The monoisotopic (exact) mass is 670 g/mol. The number of esters is 2. The molecule has 0 aromatic heterocycles. The first-order chi connectivity index (χ1) is 22.1. The minimum Gasteiger partial charge on any atom is -0.462 e. The minimum atomic E-state index is -4.76. The Morgan fingerprint density at radius 2 is 1.37 bits per heavy atom. The van der Waals surface area contributed by atoms with E-state index in [2.05, 4.69) is 55.7 Å². The highest BCUT2D eigenvalue weighted by atomic mass is 31.2. The van der Waals surface area contributed by atoms with Crippen LogP contribution < -0.4 is 0 Å². The Bertz CT molecular complexity index is 926. The summed E-state index contributed by atoms with van der Waals surface area (Å²) in [6.45, 7) is 5.84. The number of carbonyl (C=O) groups is 2. The van der Waals surface area contributed by atoms with Gasteiger partial charge in [-0.2, -0.15) is 0 Å². The molecule has 9 nitrogen and oxygen atoms in total. The van der Waals surface area contributed by atoms with Crippen LogP contribution in [0.4, 0.5) is 0 Å². The number of hydrogen-bond donors (Lipinski definition) is 2. The molecule has 46 heavy (non-hydrogen) atoms. The Balaban J connectivity index is 2.17. The highest BCUT2D eigenvalue weighted by molar-refractivity contribution is 7.46. The normalized spacial score (nSPS) is 18.0. The second-order valence-corrected chi connectivity index (χ2v) is 13.7. The van der Waals surface area contributed by atoms with E-state index in [0.717, 1.165) is 50.9 Å². The van der Waals surface area contributed by atoms with E-state index < -0.39 is 32.5 Å². The number of phosphoric acid groups is 1. The van der Waals surface area contributed by atoms with Crippen molar-refractivity contribution in [3.8, 4) is 0 Å². The lowest BCUT2D eigenvalue weighted by Crippen LogP contribution is -2.29. The fourth-order valence-corrected chi connectivity index (χ4v) is 5.27. The number of unbranched alkanes of at least 4 members (excludes halogenated alkanes) is 9. The van der Waals surface area contributed by atoms with Gasteiger partial charge in [-0.05, 0) is 57.3 Å². The lowest BCUT2D eigenvalue weighted by atomic mass is 10.00. The van der Waals surface area contributed by atoms with Crippen LogP contribution in [-0.4, -0.2) is 53.3 Å². The molecule has 0 aromatic carbocycles. The first kappa shape index (κ1) is 42.3. The molecular formula is C36H63O9P. The average molecular weight is 671 g/mol. The third kappa shape index (κ3) is 26.3. The highest BCUT2D eigenvalue weighted by Gasteiger charge is 2.36. The summed E-state index contributed by atoms with van der Waals surface area (Å²) in [7, 11) is -4.76. The Kier molecular flexibility index (Phi) is 25.0. The first-order valence-corrected chi connectivity index (χ1v) is 19.3. The van der Waals surface area contributed by atoms with Crippen molar-refractivity contribution < 1.29 is 42.7 Å². The number of allylic oxidation sites excluding steroid dienone is 4. The molecule has 0 radical (unpaired) electrons. The highest BCUT2D eigenvalue weighted by Crippen LogP contribution is 2.36. The number of carbonyl (C=O) groups excluding carboxylic acids is 2. The van der Waals surface area contributed by atoms with E-state index in [1.165, 1.54) is 44.9 Å². The van der Waals surface area contributed by atoms with Crippen LogP contribution in [0.15, 0.2) is 36.5 Å². The summed E-state index contributed by atoms with van der Waals surface area (Å²) >= 11 is 0. The first-order valence-electron chi connectivity index (χ1n) is 17.8.